The fraction of sp³-hybridized carbons (Fsp3) is 0.462. The summed E-state index contributed by atoms with van der Waals surface area (Å²) in [6.45, 7) is 1.49. The highest BCUT2D eigenvalue weighted by atomic mass is 79.9. The highest BCUT2D eigenvalue weighted by Crippen LogP contribution is 2.17. The molecule has 0 aliphatic heterocycles. The molecule has 0 radical (unpaired) electrons. The quantitative estimate of drug-likeness (QED) is 0.785. The van der Waals surface area contributed by atoms with Gasteiger partial charge in [0.25, 0.3) is 0 Å². The highest BCUT2D eigenvalue weighted by molar-refractivity contribution is 9.09. The first-order chi connectivity index (χ1) is 8.61. The van der Waals surface area contributed by atoms with Gasteiger partial charge in [-0.25, -0.2) is 0 Å². The molecule has 1 aromatic carbocycles. The zero-order valence-corrected chi connectivity index (χ0v) is 12.4. The Balaban J connectivity index is 2.48. The fourth-order valence-electron chi connectivity index (χ4n) is 1.32. The molecule has 5 heteroatoms. The van der Waals surface area contributed by atoms with Gasteiger partial charge >= 0.3 is 0 Å². The van der Waals surface area contributed by atoms with Crippen LogP contribution in [0.3, 0.4) is 0 Å². The number of alkyl halides is 1. The van der Waals surface area contributed by atoms with E-state index in [2.05, 4.69) is 26.1 Å². The lowest BCUT2D eigenvalue weighted by molar-refractivity contribution is -0.115. The summed E-state index contributed by atoms with van der Waals surface area (Å²) in [5, 5.41) is 3.49. The van der Waals surface area contributed by atoms with E-state index in [0.29, 0.717) is 18.4 Å². The second-order valence-corrected chi connectivity index (χ2v) is 4.96. The predicted octanol–water partition coefficient (Wildman–Crippen LogP) is 2.35. The molecule has 0 fully saturated rings. The third kappa shape index (κ3) is 6.02. The standard InChI is InChI=1S/C13H19BrN2O2/c1-16(2)8-9-18-12-5-3-4-11(10-12)15-13(17)6-7-14/h3-5,10H,6-9H2,1-2H3,(H,15,17). The molecule has 1 aromatic rings. The SMILES string of the molecule is CN(C)CCOc1cccc(NC(=O)CCBr)c1. The minimum atomic E-state index is -0.00248. The normalized spacial score (nSPS) is 10.4. The Morgan fingerprint density at radius 3 is 2.89 bits per heavy atom. The first-order valence-electron chi connectivity index (χ1n) is 5.85. The molecule has 0 aliphatic carbocycles. The highest BCUT2D eigenvalue weighted by Gasteiger charge is 2.02. The summed E-state index contributed by atoms with van der Waals surface area (Å²) in [6.07, 6.45) is 0.464. The van der Waals surface area contributed by atoms with Crippen molar-refractivity contribution in [1.82, 2.24) is 4.90 Å². The summed E-state index contributed by atoms with van der Waals surface area (Å²) < 4.78 is 5.60. The van der Waals surface area contributed by atoms with E-state index < -0.39 is 0 Å². The van der Waals surface area contributed by atoms with Crippen LogP contribution in [-0.4, -0.2) is 43.4 Å². The number of likely N-dealkylation sites (N-methyl/N-ethyl adjacent to an activating group) is 1. The van der Waals surface area contributed by atoms with Crippen LogP contribution in [0, 0.1) is 0 Å². The summed E-state index contributed by atoms with van der Waals surface area (Å²) in [7, 11) is 4.00. The Kier molecular flexibility index (Phi) is 6.75. The van der Waals surface area contributed by atoms with Crippen molar-refractivity contribution in [2.24, 2.45) is 0 Å². The molecule has 0 saturated carbocycles. The van der Waals surface area contributed by atoms with Gasteiger partial charge in [0.1, 0.15) is 12.4 Å². The summed E-state index contributed by atoms with van der Waals surface area (Å²) in [6, 6.07) is 7.44. The maximum Gasteiger partial charge on any atom is 0.225 e. The molecule has 4 nitrogen and oxygen atoms in total. The van der Waals surface area contributed by atoms with Crippen molar-refractivity contribution in [2.75, 3.05) is 37.9 Å². The van der Waals surface area contributed by atoms with E-state index in [-0.39, 0.29) is 5.91 Å². The third-order valence-corrected chi connectivity index (χ3v) is 2.64. The zero-order chi connectivity index (χ0) is 13.4. The average molecular weight is 315 g/mol. The smallest absolute Gasteiger partial charge is 0.225 e. The van der Waals surface area contributed by atoms with Crippen molar-refractivity contribution in [1.29, 1.82) is 0 Å². The summed E-state index contributed by atoms with van der Waals surface area (Å²) >= 11 is 3.24. The average Bonchev–Trinajstić information content (AvgIpc) is 2.29. The minimum absolute atomic E-state index is 0.00248. The van der Waals surface area contributed by atoms with Crippen LogP contribution in [0.4, 0.5) is 5.69 Å². The largest absolute Gasteiger partial charge is 0.492 e. The number of nitrogens with zero attached hydrogens (tertiary/aromatic N) is 1. The summed E-state index contributed by atoms with van der Waals surface area (Å²) in [5.41, 5.74) is 0.767. The lowest BCUT2D eigenvalue weighted by atomic mass is 10.3. The van der Waals surface area contributed by atoms with E-state index in [1.807, 2.05) is 38.4 Å². The van der Waals surface area contributed by atoms with E-state index >= 15 is 0 Å². The number of halogens is 1. The van der Waals surface area contributed by atoms with Gasteiger partial charge in [0.15, 0.2) is 0 Å². The van der Waals surface area contributed by atoms with Gasteiger partial charge in [0, 0.05) is 30.0 Å². The number of rotatable bonds is 7. The van der Waals surface area contributed by atoms with Crippen molar-refractivity contribution < 1.29 is 9.53 Å². The van der Waals surface area contributed by atoms with Crippen LogP contribution in [0.15, 0.2) is 24.3 Å². The van der Waals surface area contributed by atoms with Gasteiger partial charge in [-0.05, 0) is 26.2 Å². The molecule has 0 aliphatic rings. The number of ether oxygens (including phenoxy) is 1. The number of benzene rings is 1. The van der Waals surface area contributed by atoms with Gasteiger partial charge in [-0.3, -0.25) is 4.79 Å². The Morgan fingerprint density at radius 2 is 2.22 bits per heavy atom. The number of carbonyl (C=O) groups is 1. The van der Waals surface area contributed by atoms with Crippen LogP contribution < -0.4 is 10.1 Å². The second-order valence-electron chi connectivity index (χ2n) is 4.17. The van der Waals surface area contributed by atoms with Crippen LogP contribution in [0.1, 0.15) is 6.42 Å². The van der Waals surface area contributed by atoms with Crippen LogP contribution in [0.25, 0.3) is 0 Å². The van der Waals surface area contributed by atoms with Crippen molar-refractivity contribution >= 4 is 27.5 Å². The van der Waals surface area contributed by atoms with Gasteiger partial charge in [-0.15, -0.1) is 0 Å². The van der Waals surface area contributed by atoms with E-state index in [0.717, 1.165) is 18.0 Å². The van der Waals surface area contributed by atoms with E-state index in [1.165, 1.54) is 0 Å². The Labute approximate surface area is 116 Å². The molecule has 100 valence electrons. The number of hydrogen-bond acceptors (Lipinski definition) is 3. The van der Waals surface area contributed by atoms with Crippen LogP contribution >= 0.6 is 15.9 Å². The molecule has 0 heterocycles. The number of carbonyl (C=O) groups excluding carboxylic acids is 1. The molecular weight excluding hydrogens is 296 g/mol. The first-order valence-corrected chi connectivity index (χ1v) is 6.97. The topological polar surface area (TPSA) is 41.6 Å². The van der Waals surface area contributed by atoms with Crippen LogP contribution in [-0.2, 0) is 4.79 Å². The lowest BCUT2D eigenvalue weighted by Crippen LogP contribution is -2.19. The molecule has 0 saturated heterocycles. The molecule has 18 heavy (non-hydrogen) atoms. The van der Waals surface area contributed by atoms with Gasteiger partial charge in [-0.1, -0.05) is 22.0 Å². The monoisotopic (exact) mass is 314 g/mol. The van der Waals surface area contributed by atoms with Gasteiger partial charge in [-0.2, -0.15) is 0 Å². The maximum atomic E-state index is 11.4. The minimum Gasteiger partial charge on any atom is -0.492 e. The summed E-state index contributed by atoms with van der Waals surface area (Å²) in [4.78, 5) is 13.5. The van der Waals surface area contributed by atoms with E-state index in [1.54, 1.807) is 0 Å². The van der Waals surface area contributed by atoms with Gasteiger partial charge in [0.05, 0.1) is 0 Å². The molecular formula is C13H19BrN2O2. The van der Waals surface area contributed by atoms with Crippen LogP contribution in [0.5, 0.6) is 5.75 Å². The lowest BCUT2D eigenvalue weighted by Gasteiger charge is -2.12. The first kappa shape index (κ1) is 15.0. The van der Waals surface area contributed by atoms with E-state index in [9.17, 15) is 4.79 Å². The van der Waals surface area contributed by atoms with Crippen molar-refractivity contribution in [3.63, 3.8) is 0 Å². The number of anilines is 1. The fourth-order valence-corrected chi connectivity index (χ4v) is 1.68. The Morgan fingerprint density at radius 1 is 1.44 bits per heavy atom. The molecule has 0 unspecified atom stereocenters. The number of amides is 1. The Bertz CT molecular complexity index is 383. The molecule has 0 bridgehead atoms. The van der Waals surface area contributed by atoms with Crippen molar-refractivity contribution in [2.45, 2.75) is 6.42 Å². The zero-order valence-electron chi connectivity index (χ0n) is 10.8. The number of hydrogen-bond donors (Lipinski definition) is 1. The van der Waals surface area contributed by atoms with Crippen molar-refractivity contribution in [3.8, 4) is 5.75 Å². The Hall–Kier alpha value is -1.07. The summed E-state index contributed by atoms with van der Waals surface area (Å²) in [5.74, 6) is 0.769. The second kappa shape index (κ2) is 8.11. The predicted molar refractivity (Wildman–Crippen MR) is 77.5 cm³/mol. The molecule has 1 rings (SSSR count). The van der Waals surface area contributed by atoms with Gasteiger partial charge < -0.3 is 15.0 Å². The number of nitrogens with one attached hydrogen (secondary N) is 1. The van der Waals surface area contributed by atoms with Crippen LogP contribution in [0.2, 0.25) is 0 Å². The maximum absolute atomic E-state index is 11.4. The molecule has 0 atom stereocenters. The van der Waals surface area contributed by atoms with Crippen molar-refractivity contribution in [3.05, 3.63) is 24.3 Å². The van der Waals surface area contributed by atoms with E-state index in [4.69, 9.17) is 4.74 Å². The van der Waals surface area contributed by atoms with Gasteiger partial charge in [0.2, 0.25) is 5.91 Å². The molecule has 1 amide bonds. The molecule has 0 spiro atoms. The molecule has 1 N–H and O–H groups in total. The molecule has 0 aromatic heterocycles. The third-order valence-electron chi connectivity index (χ3n) is 2.25.